The fraction of sp³-hybridized carbons (Fsp3) is 0.381. The standard InChI is InChI=1S/C21H25N5OS/c1-15(2)12-17-14-28-20(24-17)16-6-5-11-25(13-16)21(27)18-7-3-4-8-19(18)26-22-9-10-23-26/h3-4,7-10,12,14,16,20,24H,5-6,11,13H2,1-2H3. The van der Waals surface area contributed by atoms with Crippen LogP contribution < -0.4 is 5.32 Å². The fourth-order valence-corrected chi connectivity index (χ4v) is 4.85. The van der Waals surface area contributed by atoms with Gasteiger partial charge in [-0.05, 0) is 50.3 Å². The van der Waals surface area contributed by atoms with Gasteiger partial charge in [-0.25, -0.2) is 0 Å². The number of nitrogens with one attached hydrogen (secondary N) is 1. The Morgan fingerprint density at radius 3 is 2.82 bits per heavy atom. The molecule has 2 aliphatic heterocycles. The molecule has 3 heterocycles. The van der Waals surface area contributed by atoms with Gasteiger partial charge in [-0.3, -0.25) is 4.79 Å². The first-order valence-corrected chi connectivity index (χ1v) is 10.6. The van der Waals surface area contributed by atoms with E-state index >= 15 is 0 Å². The summed E-state index contributed by atoms with van der Waals surface area (Å²) in [6.07, 6.45) is 7.57. The lowest BCUT2D eigenvalue weighted by atomic mass is 9.96. The summed E-state index contributed by atoms with van der Waals surface area (Å²) >= 11 is 1.83. The third kappa shape index (κ3) is 3.99. The molecule has 1 saturated heterocycles. The normalized spacial score (nSPS) is 21.8. The third-order valence-electron chi connectivity index (χ3n) is 5.04. The minimum Gasteiger partial charge on any atom is -0.372 e. The van der Waals surface area contributed by atoms with Crippen LogP contribution in [0.3, 0.4) is 0 Å². The van der Waals surface area contributed by atoms with Crippen LogP contribution >= 0.6 is 11.8 Å². The zero-order valence-corrected chi connectivity index (χ0v) is 17.0. The molecule has 2 aromatic rings. The maximum atomic E-state index is 13.3. The first-order valence-electron chi connectivity index (χ1n) is 9.64. The van der Waals surface area contributed by atoms with Gasteiger partial charge in [0.15, 0.2) is 0 Å². The zero-order valence-electron chi connectivity index (χ0n) is 16.2. The maximum absolute atomic E-state index is 13.3. The van der Waals surface area contributed by atoms with Crippen molar-refractivity contribution in [2.24, 2.45) is 5.92 Å². The molecule has 2 aliphatic rings. The van der Waals surface area contributed by atoms with Gasteiger partial charge in [0.25, 0.3) is 5.91 Å². The van der Waals surface area contributed by atoms with E-state index in [1.807, 2.05) is 40.9 Å². The molecule has 0 spiro atoms. The van der Waals surface area contributed by atoms with Crippen LogP contribution in [0.15, 0.2) is 59.4 Å². The molecule has 2 atom stereocenters. The van der Waals surface area contributed by atoms with E-state index in [9.17, 15) is 4.79 Å². The molecule has 2 unspecified atom stereocenters. The molecule has 4 rings (SSSR count). The van der Waals surface area contributed by atoms with E-state index in [-0.39, 0.29) is 5.91 Å². The van der Waals surface area contributed by atoms with E-state index in [4.69, 9.17) is 0 Å². The molecular formula is C21H25N5OS. The molecular weight excluding hydrogens is 370 g/mol. The Morgan fingerprint density at radius 2 is 2.04 bits per heavy atom. The Balaban J connectivity index is 1.47. The van der Waals surface area contributed by atoms with Crippen molar-refractivity contribution < 1.29 is 4.79 Å². The average Bonchev–Trinajstić information content (AvgIpc) is 3.39. The first kappa shape index (κ1) is 18.8. The second kappa shape index (κ2) is 8.22. The third-order valence-corrected chi connectivity index (χ3v) is 6.22. The van der Waals surface area contributed by atoms with Crippen LogP contribution in [0.2, 0.25) is 0 Å². The lowest BCUT2D eigenvalue weighted by molar-refractivity contribution is 0.0669. The number of aromatic nitrogens is 3. The summed E-state index contributed by atoms with van der Waals surface area (Å²) in [7, 11) is 0. The van der Waals surface area contributed by atoms with Gasteiger partial charge >= 0.3 is 0 Å². The van der Waals surface area contributed by atoms with Gasteiger partial charge in [-0.2, -0.15) is 15.0 Å². The number of carbonyl (C=O) groups excluding carboxylic acids is 1. The molecule has 0 bridgehead atoms. The topological polar surface area (TPSA) is 63.1 Å². The van der Waals surface area contributed by atoms with Gasteiger partial charge in [0.1, 0.15) is 0 Å². The second-order valence-corrected chi connectivity index (χ2v) is 8.50. The Morgan fingerprint density at radius 1 is 1.25 bits per heavy atom. The molecule has 1 fully saturated rings. The lowest BCUT2D eigenvalue weighted by Crippen LogP contribution is -2.45. The highest BCUT2D eigenvalue weighted by Crippen LogP contribution is 2.33. The number of rotatable bonds is 4. The molecule has 0 saturated carbocycles. The van der Waals surface area contributed by atoms with Gasteiger partial charge in [0, 0.05) is 24.7 Å². The number of hydrogen-bond donors (Lipinski definition) is 1. The summed E-state index contributed by atoms with van der Waals surface area (Å²) in [5.41, 5.74) is 3.83. The van der Waals surface area contributed by atoms with Crippen LogP contribution in [0.4, 0.5) is 0 Å². The molecule has 0 aliphatic carbocycles. The molecule has 1 N–H and O–H groups in total. The Kier molecular flexibility index (Phi) is 5.52. The van der Waals surface area contributed by atoms with E-state index in [1.54, 1.807) is 12.4 Å². The van der Waals surface area contributed by atoms with Crippen LogP contribution in [0.25, 0.3) is 5.69 Å². The minimum atomic E-state index is 0.0538. The summed E-state index contributed by atoms with van der Waals surface area (Å²) in [6, 6.07) is 7.55. The summed E-state index contributed by atoms with van der Waals surface area (Å²) in [5, 5.41) is 14.5. The second-order valence-electron chi connectivity index (χ2n) is 7.49. The number of piperidine rings is 1. The largest absolute Gasteiger partial charge is 0.372 e. The Hall–Kier alpha value is -2.54. The molecule has 1 amide bonds. The van der Waals surface area contributed by atoms with Crippen molar-refractivity contribution >= 4 is 17.7 Å². The molecule has 6 nitrogen and oxygen atoms in total. The van der Waals surface area contributed by atoms with Gasteiger partial charge in [0.2, 0.25) is 0 Å². The number of likely N-dealkylation sites (tertiary alicyclic amines) is 1. The van der Waals surface area contributed by atoms with Crippen molar-refractivity contribution in [3.05, 3.63) is 65.0 Å². The summed E-state index contributed by atoms with van der Waals surface area (Å²) in [4.78, 5) is 16.8. The minimum absolute atomic E-state index is 0.0538. The number of allylic oxidation sites excluding steroid dienone is 2. The van der Waals surface area contributed by atoms with Crippen molar-refractivity contribution in [2.45, 2.75) is 32.1 Å². The highest BCUT2D eigenvalue weighted by Gasteiger charge is 2.32. The van der Waals surface area contributed by atoms with E-state index in [1.165, 1.54) is 16.1 Å². The number of benzene rings is 1. The van der Waals surface area contributed by atoms with E-state index < -0.39 is 0 Å². The maximum Gasteiger partial charge on any atom is 0.256 e. The van der Waals surface area contributed by atoms with Gasteiger partial charge in [-0.15, -0.1) is 11.8 Å². The van der Waals surface area contributed by atoms with Crippen LogP contribution in [-0.4, -0.2) is 44.3 Å². The molecule has 146 valence electrons. The van der Waals surface area contributed by atoms with Crippen molar-refractivity contribution in [3.63, 3.8) is 0 Å². The number of thioether (sulfide) groups is 1. The summed E-state index contributed by atoms with van der Waals surface area (Å²) < 4.78 is 0. The van der Waals surface area contributed by atoms with E-state index in [0.29, 0.717) is 16.9 Å². The van der Waals surface area contributed by atoms with Crippen LogP contribution in [-0.2, 0) is 0 Å². The highest BCUT2D eigenvalue weighted by molar-refractivity contribution is 8.03. The molecule has 0 radical (unpaired) electrons. The molecule has 7 heteroatoms. The van der Waals surface area contributed by atoms with Crippen LogP contribution in [0, 0.1) is 5.92 Å². The molecule has 1 aromatic heterocycles. The smallest absolute Gasteiger partial charge is 0.256 e. The number of para-hydroxylation sites is 1. The van der Waals surface area contributed by atoms with Crippen LogP contribution in [0.1, 0.15) is 37.0 Å². The van der Waals surface area contributed by atoms with Gasteiger partial charge < -0.3 is 10.2 Å². The number of nitrogens with zero attached hydrogens (tertiary/aromatic N) is 4. The molecule has 1 aromatic carbocycles. The van der Waals surface area contributed by atoms with Crippen LogP contribution in [0.5, 0.6) is 0 Å². The van der Waals surface area contributed by atoms with E-state index in [0.717, 1.165) is 31.6 Å². The SMILES string of the molecule is CC(C)=CC1=CSC(C2CCCN(C(=O)c3ccccc3-n3nccn3)C2)N1. The molecule has 28 heavy (non-hydrogen) atoms. The van der Waals surface area contributed by atoms with E-state index in [2.05, 4.69) is 40.8 Å². The summed E-state index contributed by atoms with van der Waals surface area (Å²) in [6.45, 7) is 5.77. The summed E-state index contributed by atoms with van der Waals surface area (Å²) in [5.74, 6) is 0.482. The quantitative estimate of drug-likeness (QED) is 0.857. The predicted octanol–water partition coefficient (Wildman–Crippen LogP) is 3.59. The monoisotopic (exact) mass is 395 g/mol. The Labute approximate surface area is 169 Å². The van der Waals surface area contributed by atoms with Gasteiger partial charge in [-0.1, -0.05) is 17.7 Å². The van der Waals surface area contributed by atoms with Crippen molar-refractivity contribution in [1.82, 2.24) is 25.2 Å². The van der Waals surface area contributed by atoms with Crippen molar-refractivity contribution in [2.75, 3.05) is 13.1 Å². The average molecular weight is 396 g/mol. The predicted molar refractivity (Wildman–Crippen MR) is 112 cm³/mol. The Bertz CT molecular complexity index is 901. The highest BCUT2D eigenvalue weighted by atomic mass is 32.2. The number of carbonyl (C=O) groups is 1. The fourth-order valence-electron chi connectivity index (χ4n) is 3.78. The zero-order chi connectivity index (χ0) is 19.5. The van der Waals surface area contributed by atoms with Crippen molar-refractivity contribution in [1.29, 1.82) is 0 Å². The lowest BCUT2D eigenvalue weighted by Gasteiger charge is -2.36. The number of amides is 1. The van der Waals surface area contributed by atoms with Gasteiger partial charge in [0.05, 0.1) is 29.0 Å². The van der Waals surface area contributed by atoms with Crippen molar-refractivity contribution in [3.8, 4) is 5.69 Å². The first-order chi connectivity index (χ1) is 13.6. The number of hydrogen-bond acceptors (Lipinski definition) is 5.